The fourth-order valence-electron chi connectivity index (χ4n) is 5.31. The van der Waals surface area contributed by atoms with Crippen LogP contribution >= 0.6 is 0 Å². The maximum absolute atomic E-state index is 12.5. The lowest BCUT2D eigenvalue weighted by Gasteiger charge is -2.25. The highest BCUT2D eigenvalue weighted by molar-refractivity contribution is 5.99. The van der Waals surface area contributed by atoms with Crippen LogP contribution in [0.3, 0.4) is 0 Å². The Kier molecular flexibility index (Phi) is 6.29. The third kappa shape index (κ3) is 4.61. The molecule has 0 atom stereocenters. The van der Waals surface area contributed by atoms with Gasteiger partial charge in [-0.25, -0.2) is 9.97 Å². The van der Waals surface area contributed by atoms with Crippen LogP contribution < -0.4 is 5.32 Å². The van der Waals surface area contributed by atoms with Gasteiger partial charge in [-0.1, -0.05) is 49.6 Å². The second-order valence-electron chi connectivity index (χ2n) is 9.70. The molecule has 3 aromatic carbocycles. The quantitative estimate of drug-likeness (QED) is 0.309. The van der Waals surface area contributed by atoms with Crippen molar-refractivity contribution in [2.45, 2.75) is 38.1 Å². The fourth-order valence-corrected chi connectivity index (χ4v) is 5.31. The van der Waals surface area contributed by atoms with Crippen molar-refractivity contribution in [2.75, 3.05) is 6.54 Å². The third-order valence-corrected chi connectivity index (χ3v) is 7.16. The van der Waals surface area contributed by atoms with E-state index < -0.39 is 18.4 Å². The first-order valence-corrected chi connectivity index (χ1v) is 12.9. The summed E-state index contributed by atoms with van der Waals surface area (Å²) in [5.74, 6) is -0.681. The molecule has 2 heterocycles. The predicted molar refractivity (Wildman–Crippen MR) is 146 cm³/mol. The van der Waals surface area contributed by atoms with Crippen LogP contribution in [0.5, 0.6) is 0 Å². The van der Waals surface area contributed by atoms with Gasteiger partial charge in [-0.3, -0.25) is 14.6 Å². The van der Waals surface area contributed by atoms with Crippen molar-refractivity contribution in [3.8, 4) is 22.6 Å². The summed E-state index contributed by atoms with van der Waals surface area (Å²) in [5, 5.41) is 11.3. The number of nitrogens with zero attached hydrogens (tertiary/aromatic N) is 4. The minimum Gasteiger partial charge on any atom is -0.480 e. The maximum atomic E-state index is 12.5. The molecule has 0 saturated heterocycles. The summed E-state index contributed by atoms with van der Waals surface area (Å²) in [5.41, 5.74) is 6.42. The zero-order chi connectivity index (χ0) is 26.1. The molecule has 2 aromatic heterocycles. The molecule has 0 radical (unpaired) electrons. The monoisotopic (exact) mass is 505 g/mol. The van der Waals surface area contributed by atoms with Gasteiger partial charge in [-0.2, -0.15) is 0 Å². The third-order valence-electron chi connectivity index (χ3n) is 7.16. The second-order valence-corrected chi connectivity index (χ2v) is 9.70. The molecule has 1 aliphatic rings. The molecule has 38 heavy (non-hydrogen) atoms. The molecule has 6 rings (SSSR count). The van der Waals surface area contributed by atoms with Gasteiger partial charge in [-0.05, 0) is 49.2 Å². The number of aliphatic carboxylic acids is 1. The Morgan fingerprint density at radius 1 is 0.868 bits per heavy atom. The zero-order valence-corrected chi connectivity index (χ0v) is 20.8. The van der Waals surface area contributed by atoms with Crippen molar-refractivity contribution < 1.29 is 14.7 Å². The van der Waals surface area contributed by atoms with E-state index in [-0.39, 0.29) is 0 Å². The van der Waals surface area contributed by atoms with E-state index in [1.807, 2.05) is 54.6 Å². The van der Waals surface area contributed by atoms with Gasteiger partial charge in [-0.15, -0.1) is 0 Å². The zero-order valence-electron chi connectivity index (χ0n) is 20.8. The van der Waals surface area contributed by atoms with Crippen molar-refractivity contribution in [2.24, 2.45) is 0 Å². The summed E-state index contributed by atoms with van der Waals surface area (Å²) in [7, 11) is 0. The molecule has 8 heteroatoms. The van der Waals surface area contributed by atoms with Gasteiger partial charge >= 0.3 is 5.97 Å². The van der Waals surface area contributed by atoms with E-state index in [0.29, 0.717) is 17.1 Å². The van der Waals surface area contributed by atoms with Crippen LogP contribution in [0.25, 0.3) is 44.7 Å². The van der Waals surface area contributed by atoms with Crippen LogP contribution in [-0.2, 0) is 4.79 Å². The Hall–Kier alpha value is -4.59. The highest BCUT2D eigenvalue weighted by Crippen LogP contribution is 2.36. The SMILES string of the molecule is O=C(O)CNC(=O)c1ccc2c(c1)nc(-c1ccc3ncc(-c4ccccc4)nc3c1)n2C1CCCCC1. The first kappa shape index (κ1) is 23.8. The summed E-state index contributed by atoms with van der Waals surface area (Å²) in [6, 6.07) is 21.7. The average molecular weight is 506 g/mol. The summed E-state index contributed by atoms with van der Waals surface area (Å²) in [6.45, 7) is -0.429. The van der Waals surface area contributed by atoms with Crippen LogP contribution in [0, 0.1) is 0 Å². The van der Waals surface area contributed by atoms with Gasteiger partial charge in [0.05, 0.1) is 34.0 Å². The minimum absolute atomic E-state index is 0.313. The van der Waals surface area contributed by atoms with E-state index in [0.717, 1.165) is 52.0 Å². The summed E-state index contributed by atoms with van der Waals surface area (Å²) < 4.78 is 2.31. The Bertz CT molecular complexity index is 1660. The maximum Gasteiger partial charge on any atom is 0.322 e. The molecule has 0 unspecified atom stereocenters. The number of imidazole rings is 1. The number of nitrogens with one attached hydrogen (secondary N) is 1. The van der Waals surface area contributed by atoms with E-state index in [9.17, 15) is 9.59 Å². The molecule has 5 aromatic rings. The molecule has 8 nitrogen and oxygen atoms in total. The number of amides is 1. The first-order valence-electron chi connectivity index (χ1n) is 12.9. The number of carbonyl (C=O) groups excluding carboxylic acids is 1. The highest BCUT2D eigenvalue weighted by atomic mass is 16.4. The minimum atomic E-state index is -1.09. The molecule has 1 fully saturated rings. The number of benzene rings is 3. The molecule has 190 valence electrons. The second kappa shape index (κ2) is 10.0. The van der Waals surface area contributed by atoms with Gasteiger partial charge in [0, 0.05) is 22.7 Å². The highest BCUT2D eigenvalue weighted by Gasteiger charge is 2.23. The number of hydrogen-bond acceptors (Lipinski definition) is 5. The van der Waals surface area contributed by atoms with E-state index in [1.54, 1.807) is 18.3 Å². The van der Waals surface area contributed by atoms with Crippen LogP contribution in [-0.4, -0.2) is 43.0 Å². The van der Waals surface area contributed by atoms with E-state index in [1.165, 1.54) is 19.3 Å². The van der Waals surface area contributed by atoms with Crippen molar-refractivity contribution in [3.05, 3.63) is 78.5 Å². The lowest BCUT2D eigenvalue weighted by molar-refractivity contribution is -0.135. The Morgan fingerprint density at radius 2 is 1.68 bits per heavy atom. The van der Waals surface area contributed by atoms with Crippen molar-refractivity contribution in [1.29, 1.82) is 0 Å². The Balaban J connectivity index is 1.46. The molecule has 1 aliphatic carbocycles. The molecule has 2 N–H and O–H groups in total. The van der Waals surface area contributed by atoms with Gasteiger partial charge in [0.15, 0.2) is 0 Å². The van der Waals surface area contributed by atoms with Crippen LogP contribution in [0.1, 0.15) is 48.5 Å². The van der Waals surface area contributed by atoms with E-state index in [2.05, 4.69) is 14.9 Å². The number of carboxylic acids is 1. The number of aromatic nitrogens is 4. The van der Waals surface area contributed by atoms with Gasteiger partial charge in [0.1, 0.15) is 12.4 Å². The Labute approximate surface area is 219 Å². The predicted octanol–water partition coefficient (Wildman–Crippen LogP) is 5.63. The molecular weight excluding hydrogens is 478 g/mol. The molecule has 1 amide bonds. The number of carboxylic acid groups (broad SMARTS) is 1. The largest absolute Gasteiger partial charge is 0.480 e. The topological polar surface area (TPSA) is 110 Å². The van der Waals surface area contributed by atoms with Gasteiger partial charge < -0.3 is 15.0 Å². The Morgan fingerprint density at radius 3 is 2.47 bits per heavy atom. The molecular formula is C30H27N5O3. The van der Waals surface area contributed by atoms with E-state index in [4.69, 9.17) is 15.1 Å². The van der Waals surface area contributed by atoms with Gasteiger partial charge in [0.2, 0.25) is 0 Å². The standard InChI is InChI=1S/C30H27N5O3/c36-28(37)18-32-30(38)21-12-14-27-25(16-21)34-29(35(27)22-9-5-2-6-10-22)20-11-13-23-24(15-20)33-26(17-31-23)19-7-3-1-4-8-19/h1,3-4,7-8,11-17,22H,2,5-6,9-10,18H2,(H,32,38)(H,36,37). The van der Waals surface area contributed by atoms with Crippen molar-refractivity contribution in [1.82, 2.24) is 24.8 Å². The normalized spacial score (nSPS) is 14.1. The van der Waals surface area contributed by atoms with Crippen LogP contribution in [0.15, 0.2) is 72.9 Å². The fraction of sp³-hybridized carbons (Fsp3) is 0.233. The lowest BCUT2D eigenvalue weighted by atomic mass is 9.94. The lowest BCUT2D eigenvalue weighted by Crippen LogP contribution is -2.29. The number of hydrogen-bond donors (Lipinski definition) is 2. The van der Waals surface area contributed by atoms with Gasteiger partial charge in [0.25, 0.3) is 5.91 Å². The first-order chi connectivity index (χ1) is 18.6. The summed E-state index contributed by atoms with van der Waals surface area (Å²) in [4.78, 5) is 37.9. The van der Waals surface area contributed by atoms with Crippen LogP contribution in [0.2, 0.25) is 0 Å². The van der Waals surface area contributed by atoms with Crippen molar-refractivity contribution in [3.63, 3.8) is 0 Å². The smallest absolute Gasteiger partial charge is 0.322 e. The van der Waals surface area contributed by atoms with E-state index >= 15 is 0 Å². The number of rotatable bonds is 6. The average Bonchev–Trinajstić information content (AvgIpc) is 3.35. The van der Waals surface area contributed by atoms with Crippen molar-refractivity contribution >= 4 is 33.9 Å². The molecule has 0 aliphatic heterocycles. The molecule has 0 bridgehead atoms. The summed E-state index contributed by atoms with van der Waals surface area (Å²) in [6.07, 6.45) is 7.52. The summed E-state index contributed by atoms with van der Waals surface area (Å²) >= 11 is 0. The number of fused-ring (bicyclic) bond motifs is 2. The molecule has 0 spiro atoms. The van der Waals surface area contributed by atoms with Crippen LogP contribution in [0.4, 0.5) is 0 Å². The molecule has 1 saturated carbocycles. The number of carbonyl (C=O) groups is 2.